The molecule has 0 bridgehead atoms. The summed E-state index contributed by atoms with van der Waals surface area (Å²) in [6.45, 7) is 6.55. The number of hydrogen-bond donors (Lipinski definition) is 2. The predicted molar refractivity (Wildman–Crippen MR) is 74.4 cm³/mol. The van der Waals surface area contributed by atoms with Crippen molar-refractivity contribution in [2.75, 3.05) is 0 Å². The van der Waals surface area contributed by atoms with Crippen LogP contribution in [-0.4, -0.2) is 11.0 Å². The summed E-state index contributed by atoms with van der Waals surface area (Å²) in [5, 5.41) is 1.33. The van der Waals surface area contributed by atoms with Crippen LogP contribution in [0.5, 0.6) is 0 Å². The number of aromatic amines is 1. The molecule has 1 heterocycles. The van der Waals surface area contributed by atoms with Crippen LogP contribution in [0.3, 0.4) is 0 Å². The summed E-state index contributed by atoms with van der Waals surface area (Å²) < 4.78 is 0. The first-order valence-corrected chi connectivity index (χ1v) is 6.53. The summed E-state index contributed by atoms with van der Waals surface area (Å²) in [5.74, 6) is 0.404. The number of nitrogens with one attached hydrogen (secondary N) is 1. The maximum Gasteiger partial charge on any atom is 0.0489 e. The highest BCUT2D eigenvalue weighted by atomic mass is 14.7. The summed E-state index contributed by atoms with van der Waals surface area (Å²) in [5.41, 5.74) is 10.2. The van der Waals surface area contributed by atoms with E-state index < -0.39 is 0 Å². The Morgan fingerprint density at radius 2 is 2.06 bits per heavy atom. The van der Waals surface area contributed by atoms with E-state index in [-0.39, 0.29) is 6.04 Å². The smallest absolute Gasteiger partial charge is 0.0489 e. The van der Waals surface area contributed by atoms with Gasteiger partial charge in [0.05, 0.1) is 0 Å². The van der Waals surface area contributed by atoms with Crippen LogP contribution in [0.1, 0.15) is 44.2 Å². The lowest BCUT2D eigenvalue weighted by molar-refractivity contribution is 0.554. The van der Waals surface area contributed by atoms with Crippen molar-refractivity contribution in [1.29, 1.82) is 0 Å². The molecule has 0 aliphatic rings. The quantitative estimate of drug-likeness (QED) is 0.828. The van der Waals surface area contributed by atoms with Gasteiger partial charge in [-0.15, -0.1) is 0 Å². The topological polar surface area (TPSA) is 41.8 Å². The number of H-pyrrole nitrogens is 1. The van der Waals surface area contributed by atoms with E-state index >= 15 is 0 Å². The second-order valence-electron chi connectivity index (χ2n) is 4.80. The molecule has 1 aromatic heterocycles. The minimum absolute atomic E-state index is 0.235. The standard InChI is InChI=1S/C15H22N2/c1-4-11-7-6-8-12-13(9-17-15(11)12)10(3)14(16)5-2/h6-10,14,17H,4-5,16H2,1-3H3/t10-,14+/m0/s1. The molecular formula is C15H22N2. The van der Waals surface area contributed by atoms with Crippen LogP contribution in [0.15, 0.2) is 24.4 Å². The zero-order chi connectivity index (χ0) is 12.4. The van der Waals surface area contributed by atoms with Crippen molar-refractivity contribution in [2.45, 2.75) is 45.6 Å². The molecule has 17 heavy (non-hydrogen) atoms. The lowest BCUT2D eigenvalue weighted by Gasteiger charge is -2.17. The third-order valence-electron chi connectivity index (χ3n) is 3.82. The van der Waals surface area contributed by atoms with Gasteiger partial charge >= 0.3 is 0 Å². The molecule has 2 nitrogen and oxygen atoms in total. The molecule has 0 unspecified atom stereocenters. The number of aromatic nitrogens is 1. The van der Waals surface area contributed by atoms with Crippen LogP contribution >= 0.6 is 0 Å². The molecule has 0 spiro atoms. The number of benzene rings is 1. The molecule has 2 atom stereocenters. The van der Waals surface area contributed by atoms with Crippen LogP contribution < -0.4 is 5.73 Å². The monoisotopic (exact) mass is 230 g/mol. The Balaban J connectivity index is 2.49. The number of fused-ring (bicyclic) bond motifs is 1. The molecule has 0 aliphatic heterocycles. The Labute approximate surface area is 103 Å². The molecular weight excluding hydrogens is 208 g/mol. The molecule has 0 saturated heterocycles. The van der Waals surface area contributed by atoms with Gasteiger partial charge in [0.15, 0.2) is 0 Å². The third-order valence-corrected chi connectivity index (χ3v) is 3.82. The van der Waals surface area contributed by atoms with Gasteiger partial charge in [0.2, 0.25) is 0 Å². The number of hydrogen-bond acceptors (Lipinski definition) is 1. The van der Waals surface area contributed by atoms with Gasteiger partial charge in [-0.25, -0.2) is 0 Å². The van der Waals surface area contributed by atoms with Gasteiger partial charge in [-0.2, -0.15) is 0 Å². The van der Waals surface area contributed by atoms with Gasteiger partial charge in [-0.1, -0.05) is 39.0 Å². The second-order valence-corrected chi connectivity index (χ2v) is 4.80. The average Bonchev–Trinajstić information content (AvgIpc) is 2.80. The first kappa shape index (κ1) is 12.2. The van der Waals surface area contributed by atoms with Crippen LogP contribution in [0.4, 0.5) is 0 Å². The summed E-state index contributed by atoms with van der Waals surface area (Å²) in [7, 11) is 0. The molecule has 2 heteroatoms. The van der Waals surface area contributed by atoms with Gasteiger partial charge in [-0.05, 0) is 29.9 Å². The molecule has 2 rings (SSSR count). The van der Waals surface area contributed by atoms with Crippen molar-refractivity contribution in [1.82, 2.24) is 4.98 Å². The van der Waals surface area contributed by atoms with Crippen LogP contribution in [0, 0.1) is 0 Å². The van der Waals surface area contributed by atoms with Gasteiger partial charge in [0.1, 0.15) is 0 Å². The van der Waals surface area contributed by atoms with Gasteiger partial charge in [0.25, 0.3) is 0 Å². The van der Waals surface area contributed by atoms with Gasteiger partial charge in [-0.3, -0.25) is 0 Å². The minimum atomic E-state index is 0.235. The maximum atomic E-state index is 6.16. The van der Waals surface area contributed by atoms with Crippen molar-refractivity contribution in [3.8, 4) is 0 Å². The van der Waals surface area contributed by atoms with Crippen molar-refractivity contribution in [3.05, 3.63) is 35.5 Å². The fraction of sp³-hybridized carbons (Fsp3) is 0.467. The SMILES string of the molecule is CCc1cccc2c([C@H](C)[C@H](N)CC)c[nH]c12. The highest BCUT2D eigenvalue weighted by Crippen LogP contribution is 2.29. The van der Waals surface area contributed by atoms with E-state index in [0.717, 1.165) is 12.8 Å². The lowest BCUT2D eigenvalue weighted by atomic mass is 9.91. The Hall–Kier alpha value is -1.28. The number of para-hydroxylation sites is 1. The second kappa shape index (κ2) is 4.92. The van der Waals surface area contributed by atoms with Crippen LogP contribution in [0.25, 0.3) is 10.9 Å². The maximum absolute atomic E-state index is 6.16. The first-order chi connectivity index (χ1) is 8.19. The zero-order valence-corrected chi connectivity index (χ0v) is 11.0. The third kappa shape index (κ3) is 2.09. The lowest BCUT2D eigenvalue weighted by Crippen LogP contribution is -2.25. The van der Waals surface area contributed by atoms with Crippen molar-refractivity contribution in [3.63, 3.8) is 0 Å². The fourth-order valence-corrected chi connectivity index (χ4v) is 2.49. The van der Waals surface area contributed by atoms with E-state index in [2.05, 4.69) is 50.2 Å². The Morgan fingerprint density at radius 1 is 1.29 bits per heavy atom. The molecule has 1 aromatic carbocycles. The van der Waals surface area contributed by atoms with Crippen LogP contribution in [0.2, 0.25) is 0 Å². The van der Waals surface area contributed by atoms with Crippen molar-refractivity contribution < 1.29 is 0 Å². The molecule has 0 amide bonds. The highest BCUT2D eigenvalue weighted by Gasteiger charge is 2.17. The fourth-order valence-electron chi connectivity index (χ4n) is 2.49. The Kier molecular flexibility index (Phi) is 3.53. The van der Waals surface area contributed by atoms with E-state index in [9.17, 15) is 0 Å². The average molecular weight is 230 g/mol. The predicted octanol–water partition coefficient (Wildman–Crippen LogP) is 3.57. The van der Waals surface area contributed by atoms with Gasteiger partial charge < -0.3 is 10.7 Å². The molecule has 0 radical (unpaired) electrons. The van der Waals surface area contributed by atoms with Crippen molar-refractivity contribution in [2.24, 2.45) is 5.73 Å². The molecule has 0 saturated carbocycles. The summed E-state index contributed by atoms with van der Waals surface area (Å²) in [6, 6.07) is 6.76. The molecule has 92 valence electrons. The largest absolute Gasteiger partial charge is 0.361 e. The highest BCUT2D eigenvalue weighted by molar-refractivity contribution is 5.86. The van der Waals surface area contributed by atoms with E-state index in [1.54, 1.807) is 0 Å². The van der Waals surface area contributed by atoms with Crippen LogP contribution in [-0.2, 0) is 6.42 Å². The normalized spacial score (nSPS) is 15.1. The number of aryl methyl sites for hydroxylation is 1. The Bertz CT molecular complexity index is 499. The zero-order valence-electron chi connectivity index (χ0n) is 11.0. The van der Waals surface area contributed by atoms with Crippen molar-refractivity contribution >= 4 is 10.9 Å². The molecule has 0 aliphatic carbocycles. The summed E-state index contributed by atoms with van der Waals surface area (Å²) >= 11 is 0. The van der Waals surface area contributed by atoms with E-state index in [0.29, 0.717) is 5.92 Å². The molecule has 2 aromatic rings. The number of rotatable bonds is 4. The van der Waals surface area contributed by atoms with E-state index in [1.165, 1.54) is 22.0 Å². The van der Waals surface area contributed by atoms with Gasteiger partial charge in [0, 0.05) is 23.1 Å². The Morgan fingerprint density at radius 3 is 2.71 bits per heavy atom. The van der Waals surface area contributed by atoms with E-state index in [4.69, 9.17) is 5.73 Å². The molecule has 0 fully saturated rings. The number of nitrogens with two attached hydrogens (primary N) is 1. The minimum Gasteiger partial charge on any atom is -0.361 e. The molecule has 3 N–H and O–H groups in total. The summed E-state index contributed by atoms with van der Waals surface area (Å²) in [6.07, 6.45) is 4.21. The first-order valence-electron chi connectivity index (χ1n) is 6.53. The summed E-state index contributed by atoms with van der Waals surface area (Å²) in [4.78, 5) is 3.41. The van der Waals surface area contributed by atoms with E-state index in [1.807, 2.05) is 0 Å².